The van der Waals surface area contributed by atoms with E-state index in [9.17, 15) is 5.11 Å². The fourth-order valence-corrected chi connectivity index (χ4v) is 3.15. The van der Waals surface area contributed by atoms with Gasteiger partial charge in [0.2, 0.25) is 0 Å². The van der Waals surface area contributed by atoms with E-state index in [0.717, 1.165) is 42.1 Å². The van der Waals surface area contributed by atoms with Crippen molar-refractivity contribution in [2.75, 3.05) is 33.5 Å². The van der Waals surface area contributed by atoms with Gasteiger partial charge in [-0.1, -0.05) is 6.07 Å². The average Bonchev–Trinajstić information content (AvgIpc) is 2.41. The van der Waals surface area contributed by atoms with Crippen molar-refractivity contribution in [1.82, 2.24) is 4.90 Å². The van der Waals surface area contributed by atoms with Gasteiger partial charge in [-0.05, 0) is 43.8 Å². The quantitative estimate of drug-likeness (QED) is 0.852. The second-order valence-corrected chi connectivity index (χ2v) is 5.75. The van der Waals surface area contributed by atoms with E-state index in [1.807, 2.05) is 24.5 Å². The fourth-order valence-electron chi connectivity index (χ4n) is 2.44. The molecule has 0 unspecified atom stereocenters. The number of ether oxygens (including phenoxy) is 1. The van der Waals surface area contributed by atoms with Crippen LogP contribution in [-0.4, -0.2) is 43.5 Å². The summed E-state index contributed by atoms with van der Waals surface area (Å²) in [5.41, 5.74) is 0.362. The predicted octanol–water partition coefficient (Wildman–Crippen LogP) is 2.33. The van der Waals surface area contributed by atoms with Gasteiger partial charge in [-0.3, -0.25) is 0 Å². The molecule has 1 N–H and O–H groups in total. The Hall–Kier alpha value is -0.710. The van der Waals surface area contributed by atoms with Crippen LogP contribution < -0.4 is 4.74 Å². The van der Waals surface area contributed by atoms with Gasteiger partial charge in [-0.15, -0.1) is 11.8 Å². The highest BCUT2D eigenvalue weighted by molar-refractivity contribution is 7.98. The zero-order chi connectivity index (χ0) is 13.2. The Morgan fingerprint density at radius 3 is 2.56 bits per heavy atom. The molecule has 0 spiro atoms. The number of aliphatic hydroxyl groups is 1. The third-order valence-corrected chi connectivity index (χ3v) is 4.50. The lowest BCUT2D eigenvalue weighted by molar-refractivity contribution is -0.0224. The van der Waals surface area contributed by atoms with Crippen molar-refractivity contribution in [2.24, 2.45) is 0 Å². The predicted molar refractivity (Wildman–Crippen MR) is 75.4 cm³/mol. The minimum atomic E-state index is -0.683. The number of rotatable bonds is 3. The summed E-state index contributed by atoms with van der Waals surface area (Å²) >= 11 is 1.66. The summed E-state index contributed by atoms with van der Waals surface area (Å²) in [4.78, 5) is 3.37. The highest BCUT2D eigenvalue weighted by Gasteiger charge is 2.34. The van der Waals surface area contributed by atoms with Crippen LogP contribution in [-0.2, 0) is 5.60 Å². The monoisotopic (exact) mass is 267 g/mol. The molecule has 1 fully saturated rings. The first-order valence-electron chi connectivity index (χ1n) is 6.22. The molecule has 0 aromatic heterocycles. The van der Waals surface area contributed by atoms with Gasteiger partial charge < -0.3 is 14.7 Å². The molecule has 2 rings (SSSR count). The van der Waals surface area contributed by atoms with Gasteiger partial charge >= 0.3 is 0 Å². The molecule has 100 valence electrons. The smallest absolute Gasteiger partial charge is 0.119 e. The Balaban J connectivity index is 2.32. The summed E-state index contributed by atoms with van der Waals surface area (Å²) < 4.78 is 5.25. The van der Waals surface area contributed by atoms with Crippen molar-refractivity contribution in [3.63, 3.8) is 0 Å². The van der Waals surface area contributed by atoms with Crippen LogP contribution in [0.5, 0.6) is 5.75 Å². The number of piperidine rings is 1. The van der Waals surface area contributed by atoms with Crippen molar-refractivity contribution in [3.05, 3.63) is 23.8 Å². The van der Waals surface area contributed by atoms with Crippen molar-refractivity contribution >= 4 is 11.8 Å². The molecular weight excluding hydrogens is 246 g/mol. The van der Waals surface area contributed by atoms with E-state index in [4.69, 9.17) is 4.74 Å². The van der Waals surface area contributed by atoms with E-state index in [1.165, 1.54) is 0 Å². The Morgan fingerprint density at radius 2 is 2.00 bits per heavy atom. The topological polar surface area (TPSA) is 32.7 Å². The van der Waals surface area contributed by atoms with Crippen molar-refractivity contribution in [2.45, 2.75) is 23.3 Å². The third-order valence-electron chi connectivity index (χ3n) is 3.72. The second kappa shape index (κ2) is 5.51. The Kier molecular flexibility index (Phi) is 4.20. The van der Waals surface area contributed by atoms with Crippen molar-refractivity contribution in [1.29, 1.82) is 0 Å². The fraction of sp³-hybridized carbons (Fsp3) is 0.571. The van der Waals surface area contributed by atoms with E-state index in [1.54, 1.807) is 18.9 Å². The molecule has 1 heterocycles. The molecule has 0 aliphatic carbocycles. The number of hydrogen-bond donors (Lipinski definition) is 1. The van der Waals surface area contributed by atoms with Crippen LogP contribution in [0.1, 0.15) is 18.4 Å². The van der Waals surface area contributed by atoms with Gasteiger partial charge in [0.1, 0.15) is 5.75 Å². The van der Waals surface area contributed by atoms with Crippen LogP contribution in [0, 0.1) is 0 Å². The molecule has 3 nitrogen and oxygen atoms in total. The van der Waals surface area contributed by atoms with Gasteiger partial charge in [0.05, 0.1) is 12.7 Å². The largest absolute Gasteiger partial charge is 0.497 e. The molecule has 0 saturated carbocycles. The zero-order valence-electron chi connectivity index (χ0n) is 11.3. The molecular formula is C14H21NO2S. The molecule has 1 aliphatic heterocycles. The summed E-state index contributed by atoms with van der Waals surface area (Å²) in [6, 6.07) is 5.96. The number of nitrogens with zero attached hydrogens (tertiary/aromatic N) is 1. The molecule has 1 aromatic rings. The lowest BCUT2D eigenvalue weighted by Gasteiger charge is -2.37. The summed E-state index contributed by atoms with van der Waals surface area (Å²) in [7, 11) is 3.77. The van der Waals surface area contributed by atoms with Crippen LogP contribution in [0.2, 0.25) is 0 Å². The van der Waals surface area contributed by atoms with Crippen LogP contribution >= 0.6 is 11.8 Å². The molecule has 1 aromatic carbocycles. The van der Waals surface area contributed by atoms with E-state index in [-0.39, 0.29) is 0 Å². The molecule has 0 bridgehead atoms. The highest BCUT2D eigenvalue weighted by Crippen LogP contribution is 2.39. The van der Waals surface area contributed by atoms with Crippen molar-refractivity contribution in [3.8, 4) is 5.75 Å². The lowest BCUT2D eigenvalue weighted by Crippen LogP contribution is -2.41. The maximum absolute atomic E-state index is 10.9. The molecule has 4 heteroatoms. The molecule has 0 atom stereocenters. The van der Waals surface area contributed by atoms with E-state index >= 15 is 0 Å². The van der Waals surface area contributed by atoms with Crippen LogP contribution in [0.3, 0.4) is 0 Å². The Morgan fingerprint density at radius 1 is 1.33 bits per heavy atom. The first kappa shape index (κ1) is 13.7. The second-order valence-electron chi connectivity index (χ2n) is 4.90. The Labute approximate surface area is 113 Å². The molecule has 0 amide bonds. The summed E-state index contributed by atoms with van der Waals surface area (Å²) in [6.45, 7) is 1.88. The zero-order valence-corrected chi connectivity index (χ0v) is 12.1. The first-order chi connectivity index (χ1) is 8.59. The first-order valence-corrected chi connectivity index (χ1v) is 7.45. The van der Waals surface area contributed by atoms with Gasteiger partial charge in [0, 0.05) is 18.0 Å². The molecule has 0 radical (unpaired) electrons. The van der Waals surface area contributed by atoms with E-state index in [2.05, 4.69) is 11.9 Å². The SMILES string of the molecule is COc1ccc(C2(O)CCN(C)CC2)c(SC)c1. The van der Waals surface area contributed by atoms with Crippen LogP contribution in [0.25, 0.3) is 0 Å². The standard InChI is InChI=1S/C14H21NO2S/c1-15-8-6-14(16,7-9-15)12-5-4-11(17-2)10-13(12)18-3/h4-5,10,16H,6-9H2,1-3H3. The van der Waals surface area contributed by atoms with Gasteiger partial charge in [0.25, 0.3) is 0 Å². The van der Waals surface area contributed by atoms with Gasteiger partial charge in [-0.2, -0.15) is 0 Å². The van der Waals surface area contributed by atoms with Crippen LogP contribution in [0.15, 0.2) is 23.1 Å². The summed E-state index contributed by atoms with van der Waals surface area (Å²) in [5.74, 6) is 0.847. The van der Waals surface area contributed by atoms with E-state index < -0.39 is 5.60 Å². The number of methoxy groups -OCH3 is 1. The maximum Gasteiger partial charge on any atom is 0.119 e. The van der Waals surface area contributed by atoms with Gasteiger partial charge in [-0.25, -0.2) is 0 Å². The minimum Gasteiger partial charge on any atom is -0.497 e. The third kappa shape index (κ3) is 2.66. The summed E-state index contributed by atoms with van der Waals surface area (Å²) in [6.07, 6.45) is 3.63. The Bertz CT molecular complexity index is 414. The number of likely N-dealkylation sites (tertiary alicyclic amines) is 1. The van der Waals surface area contributed by atoms with Crippen molar-refractivity contribution < 1.29 is 9.84 Å². The normalized spacial score (nSPS) is 19.8. The summed E-state index contributed by atoms with van der Waals surface area (Å²) in [5, 5.41) is 10.9. The maximum atomic E-state index is 10.9. The van der Waals surface area contributed by atoms with Gasteiger partial charge in [0.15, 0.2) is 0 Å². The average molecular weight is 267 g/mol. The van der Waals surface area contributed by atoms with E-state index in [0.29, 0.717) is 0 Å². The molecule has 1 aliphatic rings. The van der Waals surface area contributed by atoms with Crippen LogP contribution in [0.4, 0.5) is 0 Å². The molecule has 18 heavy (non-hydrogen) atoms. The number of thioether (sulfide) groups is 1. The lowest BCUT2D eigenvalue weighted by atomic mass is 9.84. The highest BCUT2D eigenvalue weighted by atomic mass is 32.2. The number of hydrogen-bond acceptors (Lipinski definition) is 4. The number of benzene rings is 1. The minimum absolute atomic E-state index is 0.683. The molecule has 1 saturated heterocycles.